The van der Waals surface area contributed by atoms with Crippen molar-refractivity contribution in [1.82, 2.24) is 0 Å². The Morgan fingerprint density at radius 2 is 2.13 bits per heavy atom. The number of benzene rings is 1. The van der Waals surface area contributed by atoms with Crippen LogP contribution in [-0.2, 0) is 0 Å². The fourth-order valence-electron chi connectivity index (χ4n) is 1.23. The maximum Gasteiger partial charge on any atom is 0.219 e. The van der Waals surface area contributed by atoms with Gasteiger partial charge in [0.1, 0.15) is 0 Å². The van der Waals surface area contributed by atoms with Crippen LogP contribution in [-0.4, -0.2) is 16.7 Å². The van der Waals surface area contributed by atoms with Gasteiger partial charge in [-0.2, -0.15) is 0 Å². The number of hydrogen-bond donors (Lipinski definition) is 0. The van der Waals surface area contributed by atoms with Crippen LogP contribution < -0.4 is 0 Å². The van der Waals surface area contributed by atoms with E-state index >= 15 is 0 Å². The van der Waals surface area contributed by atoms with E-state index in [1.54, 1.807) is 18.7 Å². The quantitative estimate of drug-likeness (QED) is 0.449. The lowest BCUT2D eigenvalue weighted by Crippen LogP contribution is -2.17. The van der Waals surface area contributed by atoms with Crippen molar-refractivity contribution in [3.63, 3.8) is 0 Å². The highest BCUT2D eigenvalue weighted by Crippen LogP contribution is 2.24. The molecule has 1 aromatic carbocycles. The van der Waals surface area contributed by atoms with Crippen LogP contribution in [0, 0.1) is 24.0 Å². The van der Waals surface area contributed by atoms with Gasteiger partial charge in [0.2, 0.25) is 6.04 Å². The number of rotatable bonds is 4. The van der Waals surface area contributed by atoms with Gasteiger partial charge in [0.15, 0.2) is 0 Å². The molecule has 1 aromatic rings. The second-order valence-electron chi connectivity index (χ2n) is 3.71. The lowest BCUT2D eigenvalue weighted by molar-refractivity contribution is -0.511. The molecule has 15 heavy (non-hydrogen) atoms. The molecular weight excluding hydrogens is 210 g/mol. The first-order valence-corrected chi connectivity index (χ1v) is 5.83. The molecule has 1 atom stereocenters. The number of nitrogens with zero attached hydrogens (tertiary/aromatic N) is 1. The number of thioether (sulfide) groups is 1. The Morgan fingerprint density at radius 1 is 1.47 bits per heavy atom. The summed E-state index contributed by atoms with van der Waals surface area (Å²) in [4.78, 5) is 11.3. The Labute approximate surface area is 94.0 Å². The largest absolute Gasteiger partial charge is 0.264 e. The van der Waals surface area contributed by atoms with Crippen LogP contribution in [0.5, 0.6) is 0 Å². The summed E-state index contributed by atoms with van der Waals surface area (Å²) in [6.07, 6.45) is 0. The van der Waals surface area contributed by atoms with E-state index in [2.05, 4.69) is 6.07 Å². The minimum absolute atomic E-state index is 0.240. The van der Waals surface area contributed by atoms with Crippen LogP contribution in [0.1, 0.15) is 18.1 Å². The Balaban J connectivity index is 2.62. The first kappa shape index (κ1) is 12.0. The molecule has 0 saturated carbocycles. The summed E-state index contributed by atoms with van der Waals surface area (Å²) in [5.41, 5.74) is 2.41. The topological polar surface area (TPSA) is 43.1 Å². The van der Waals surface area contributed by atoms with Crippen molar-refractivity contribution >= 4 is 11.8 Å². The first-order chi connectivity index (χ1) is 7.00. The van der Waals surface area contributed by atoms with Gasteiger partial charge in [-0.25, -0.2) is 0 Å². The molecular formula is C11H15NO2S. The number of aryl methyl sites for hydroxylation is 2. The zero-order chi connectivity index (χ0) is 11.4. The molecule has 0 bridgehead atoms. The van der Waals surface area contributed by atoms with E-state index in [0.29, 0.717) is 5.75 Å². The van der Waals surface area contributed by atoms with Crippen molar-refractivity contribution in [3.8, 4) is 0 Å². The smallest absolute Gasteiger partial charge is 0.219 e. The fraction of sp³-hybridized carbons (Fsp3) is 0.455. The minimum Gasteiger partial charge on any atom is -0.264 e. The third-order valence-electron chi connectivity index (χ3n) is 2.17. The van der Waals surface area contributed by atoms with Gasteiger partial charge in [-0.15, -0.1) is 11.8 Å². The molecule has 0 radical (unpaired) electrons. The predicted octanol–water partition coefficient (Wildman–Crippen LogP) is 3.06. The molecule has 0 aliphatic carbocycles. The molecule has 0 spiro atoms. The second-order valence-corrected chi connectivity index (χ2v) is 4.78. The highest BCUT2D eigenvalue weighted by molar-refractivity contribution is 7.99. The van der Waals surface area contributed by atoms with Crippen LogP contribution in [0.3, 0.4) is 0 Å². The summed E-state index contributed by atoms with van der Waals surface area (Å²) in [6.45, 7) is 5.71. The van der Waals surface area contributed by atoms with Gasteiger partial charge >= 0.3 is 0 Å². The Bertz CT molecular complexity index is 366. The van der Waals surface area contributed by atoms with Crippen LogP contribution in [0.4, 0.5) is 0 Å². The molecule has 0 saturated heterocycles. The van der Waals surface area contributed by atoms with E-state index in [0.717, 1.165) is 4.90 Å². The second kappa shape index (κ2) is 5.16. The van der Waals surface area contributed by atoms with E-state index in [1.807, 2.05) is 26.0 Å². The van der Waals surface area contributed by atoms with Crippen molar-refractivity contribution in [2.75, 3.05) is 5.75 Å². The van der Waals surface area contributed by atoms with E-state index in [9.17, 15) is 10.1 Å². The highest BCUT2D eigenvalue weighted by Gasteiger charge is 2.13. The standard InChI is InChI=1S/C11H15NO2S/c1-8-4-5-11(9(2)6-8)15-7-10(3)12(13)14/h4-6,10H,7H2,1-3H3. The molecule has 0 aliphatic heterocycles. The van der Waals surface area contributed by atoms with Gasteiger partial charge in [0, 0.05) is 16.7 Å². The third-order valence-corrected chi connectivity index (χ3v) is 3.59. The van der Waals surface area contributed by atoms with Crippen molar-refractivity contribution in [1.29, 1.82) is 0 Å². The normalized spacial score (nSPS) is 12.5. The molecule has 82 valence electrons. The summed E-state index contributed by atoms with van der Waals surface area (Å²) in [5, 5.41) is 10.5. The molecule has 1 rings (SSSR count). The summed E-state index contributed by atoms with van der Waals surface area (Å²) in [6, 6.07) is 5.67. The zero-order valence-electron chi connectivity index (χ0n) is 9.19. The van der Waals surface area contributed by atoms with Crippen molar-refractivity contribution in [2.45, 2.75) is 31.7 Å². The van der Waals surface area contributed by atoms with E-state index in [4.69, 9.17) is 0 Å². The minimum atomic E-state index is -0.490. The summed E-state index contributed by atoms with van der Waals surface area (Å²) in [5.74, 6) is 0.525. The Morgan fingerprint density at radius 3 is 2.67 bits per heavy atom. The fourth-order valence-corrected chi connectivity index (χ4v) is 2.23. The number of hydrogen-bond acceptors (Lipinski definition) is 3. The summed E-state index contributed by atoms with van der Waals surface area (Å²) < 4.78 is 0. The molecule has 0 fully saturated rings. The van der Waals surface area contributed by atoms with E-state index < -0.39 is 6.04 Å². The van der Waals surface area contributed by atoms with Crippen LogP contribution in [0.25, 0.3) is 0 Å². The number of nitro groups is 1. The van der Waals surface area contributed by atoms with Crippen LogP contribution in [0.15, 0.2) is 23.1 Å². The Hall–Kier alpha value is -1.03. The molecule has 1 unspecified atom stereocenters. The third kappa shape index (κ3) is 3.55. The zero-order valence-corrected chi connectivity index (χ0v) is 10.0. The van der Waals surface area contributed by atoms with Gasteiger partial charge in [0.25, 0.3) is 0 Å². The monoisotopic (exact) mass is 225 g/mol. The van der Waals surface area contributed by atoms with Gasteiger partial charge in [-0.1, -0.05) is 17.7 Å². The molecule has 0 amide bonds. The SMILES string of the molecule is Cc1ccc(SCC(C)[N+](=O)[O-])c(C)c1. The molecule has 0 N–H and O–H groups in total. The summed E-state index contributed by atoms with van der Waals surface area (Å²) in [7, 11) is 0. The lowest BCUT2D eigenvalue weighted by atomic mass is 10.2. The molecule has 4 heteroatoms. The van der Waals surface area contributed by atoms with Gasteiger partial charge in [-0.3, -0.25) is 10.1 Å². The maximum atomic E-state index is 10.5. The van der Waals surface area contributed by atoms with E-state index in [-0.39, 0.29) is 4.92 Å². The Kier molecular flexibility index (Phi) is 4.15. The average Bonchev–Trinajstić information content (AvgIpc) is 2.15. The first-order valence-electron chi connectivity index (χ1n) is 4.84. The average molecular weight is 225 g/mol. The van der Waals surface area contributed by atoms with Crippen molar-refractivity contribution in [3.05, 3.63) is 39.4 Å². The van der Waals surface area contributed by atoms with Gasteiger partial charge in [0.05, 0.1) is 5.75 Å². The molecule has 0 aromatic heterocycles. The van der Waals surface area contributed by atoms with Crippen molar-refractivity contribution < 1.29 is 4.92 Å². The highest BCUT2D eigenvalue weighted by atomic mass is 32.2. The lowest BCUT2D eigenvalue weighted by Gasteiger charge is -2.07. The van der Waals surface area contributed by atoms with Crippen molar-refractivity contribution in [2.24, 2.45) is 0 Å². The molecule has 3 nitrogen and oxygen atoms in total. The molecule has 0 aliphatic rings. The summed E-state index contributed by atoms with van der Waals surface area (Å²) >= 11 is 1.55. The van der Waals surface area contributed by atoms with Gasteiger partial charge in [-0.05, 0) is 25.5 Å². The molecule has 0 heterocycles. The van der Waals surface area contributed by atoms with Gasteiger partial charge < -0.3 is 0 Å². The van der Waals surface area contributed by atoms with Crippen LogP contribution >= 0.6 is 11.8 Å². The maximum absolute atomic E-state index is 10.5. The predicted molar refractivity (Wildman–Crippen MR) is 63.1 cm³/mol. The van der Waals surface area contributed by atoms with Crippen LogP contribution in [0.2, 0.25) is 0 Å². The van der Waals surface area contributed by atoms with E-state index in [1.165, 1.54) is 11.1 Å².